The highest BCUT2D eigenvalue weighted by Gasteiger charge is 2.10. The van der Waals surface area contributed by atoms with Gasteiger partial charge in [-0.15, -0.1) is 0 Å². The van der Waals surface area contributed by atoms with E-state index in [0.717, 1.165) is 34.3 Å². The van der Waals surface area contributed by atoms with E-state index in [0.29, 0.717) is 12.4 Å². The third-order valence-electron chi connectivity index (χ3n) is 3.92. The van der Waals surface area contributed by atoms with Crippen LogP contribution in [0.3, 0.4) is 0 Å². The molecule has 124 valence electrons. The van der Waals surface area contributed by atoms with Gasteiger partial charge < -0.3 is 15.0 Å². The fourth-order valence-corrected chi connectivity index (χ4v) is 2.69. The smallest absolute Gasteiger partial charge is 0.232 e. The lowest BCUT2D eigenvalue weighted by molar-refractivity contribution is -0.119. The maximum atomic E-state index is 11.1. The second kappa shape index (κ2) is 6.70. The van der Waals surface area contributed by atoms with Gasteiger partial charge in [0.2, 0.25) is 11.8 Å². The number of carbonyl (C=O) groups is 1. The van der Waals surface area contributed by atoms with Gasteiger partial charge in [0.25, 0.3) is 0 Å². The zero-order chi connectivity index (χ0) is 17.1. The number of hydrogen-bond donors (Lipinski definition) is 2. The lowest BCUT2D eigenvalue weighted by Crippen LogP contribution is -2.18. The second-order valence-corrected chi connectivity index (χ2v) is 5.60. The zero-order valence-corrected chi connectivity index (χ0v) is 14.0. The number of amides is 1. The summed E-state index contributed by atoms with van der Waals surface area (Å²) in [5.74, 6) is 0.451. The molecule has 2 N–H and O–H groups in total. The lowest BCUT2D eigenvalue weighted by Gasteiger charge is -2.08. The number of nitrogens with one attached hydrogen (secondary N) is 2. The summed E-state index contributed by atoms with van der Waals surface area (Å²) >= 11 is 0. The summed E-state index contributed by atoms with van der Waals surface area (Å²) in [6.45, 7) is 4.12. The molecule has 2 heterocycles. The van der Waals surface area contributed by atoms with Crippen LogP contribution in [0.15, 0.2) is 30.6 Å². The number of carbonyl (C=O) groups excluding carboxylic acids is 1. The largest absolute Gasteiger partial charge is 0.480 e. The molecule has 0 unspecified atom stereocenters. The predicted octanol–water partition coefficient (Wildman–Crippen LogP) is 2.83. The Kier molecular flexibility index (Phi) is 4.46. The van der Waals surface area contributed by atoms with Crippen molar-refractivity contribution in [2.24, 2.45) is 0 Å². The van der Waals surface area contributed by atoms with E-state index in [2.05, 4.69) is 45.4 Å². The Bertz CT molecular complexity index is 869. The third-order valence-corrected chi connectivity index (χ3v) is 3.92. The maximum absolute atomic E-state index is 11.1. The number of hydrogen-bond acceptors (Lipinski definition) is 4. The van der Waals surface area contributed by atoms with Gasteiger partial charge in [-0.05, 0) is 30.2 Å². The van der Waals surface area contributed by atoms with Crippen molar-refractivity contribution in [2.45, 2.75) is 26.8 Å². The quantitative estimate of drug-likeness (QED) is 0.756. The Labute approximate surface area is 140 Å². The van der Waals surface area contributed by atoms with Crippen molar-refractivity contribution in [2.75, 3.05) is 7.11 Å². The van der Waals surface area contributed by atoms with Crippen LogP contribution in [0.4, 0.5) is 0 Å². The van der Waals surface area contributed by atoms with Crippen LogP contribution in [0, 0.1) is 0 Å². The molecule has 3 aromatic rings. The molecule has 3 rings (SSSR count). The molecule has 1 amide bonds. The van der Waals surface area contributed by atoms with Gasteiger partial charge in [-0.3, -0.25) is 4.79 Å². The first-order chi connectivity index (χ1) is 11.6. The lowest BCUT2D eigenvalue weighted by atomic mass is 10.0. The third kappa shape index (κ3) is 3.22. The van der Waals surface area contributed by atoms with Crippen molar-refractivity contribution >= 4 is 16.8 Å². The minimum Gasteiger partial charge on any atom is -0.480 e. The predicted molar refractivity (Wildman–Crippen MR) is 92.8 cm³/mol. The number of rotatable bonds is 5. The zero-order valence-electron chi connectivity index (χ0n) is 14.0. The fraction of sp³-hybridized carbons (Fsp3) is 0.278. The monoisotopic (exact) mass is 324 g/mol. The molecule has 0 radical (unpaired) electrons. The van der Waals surface area contributed by atoms with Gasteiger partial charge in [-0.1, -0.05) is 6.92 Å². The molecule has 6 nitrogen and oxygen atoms in total. The first-order valence-corrected chi connectivity index (χ1v) is 7.86. The van der Waals surface area contributed by atoms with Gasteiger partial charge in [-0.25, -0.2) is 9.97 Å². The highest BCUT2D eigenvalue weighted by atomic mass is 16.5. The van der Waals surface area contributed by atoms with Gasteiger partial charge >= 0.3 is 0 Å². The van der Waals surface area contributed by atoms with Crippen LogP contribution >= 0.6 is 0 Å². The molecular weight excluding hydrogens is 304 g/mol. The van der Waals surface area contributed by atoms with Gasteiger partial charge in [0.15, 0.2) is 0 Å². The molecule has 1 aromatic carbocycles. The van der Waals surface area contributed by atoms with Crippen LogP contribution in [0.1, 0.15) is 25.1 Å². The summed E-state index contributed by atoms with van der Waals surface area (Å²) in [5.41, 5.74) is 5.05. The highest BCUT2D eigenvalue weighted by Crippen LogP contribution is 2.28. The van der Waals surface area contributed by atoms with Crippen molar-refractivity contribution in [3.8, 4) is 17.1 Å². The SMILES string of the molecule is CCc1cc2cc(CNC(C)=O)[nH]c2cc1-c1cnc(OC)cn1. The molecule has 0 fully saturated rings. The molecule has 0 saturated carbocycles. The van der Waals surface area contributed by atoms with E-state index in [4.69, 9.17) is 4.74 Å². The normalized spacial score (nSPS) is 10.8. The van der Waals surface area contributed by atoms with Gasteiger partial charge in [-0.2, -0.15) is 0 Å². The molecule has 0 spiro atoms. The summed E-state index contributed by atoms with van der Waals surface area (Å²) < 4.78 is 5.07. The van der Waals surface area contributed by atoms with Crippen molar-refractivity contribution in [1.29, 1.82) is 0 Å². The number of fused-ring (bicyclic) bond motifs is 1. The van der Waals surface area contributed by atoms with E-state index in [1.165, 1.54) is 12.5 Å². The summed E-state index contributed by atoms with van der Waals surface area (Å²) in [4.78, 5) is 23.1. The number of methoxy groups -OCH3 is 1. The van der Waals surface area contributed by atoms with Crippen LogP contribution < -0.4 is 10.1 Å². The number of aromatic amines is 1. The highest BCUT2D eigenvalue weighted by molar-refractivity contribution is 5.87. The van der Waals surface area contributed by atoms with E-state index < -0.39 is 0 Å². The Morgan fingerprint density at radius 1 is 1.25 bits per heavy atom. The summed E-state index contributed by atoms with van der Waals surface area (Å²) in [6.07, 6.45) is 4.24. The van der Waals surface area contributed by atoms with E-state index in [-0.39, 0.29) is 5.91 Å². The number of nitrogens with zero attached hydrogens (tertiary/aromatic N) is 2. The fourth-order valence-electron chi connectivity index (χ4n) is 2.69. The number of ether oxygens (including phenoxy) is 1. The van der Waals surface area contributed by atoms with E-state index in [9.17, 15) is 4.79 Å². The number of H-pyrrole nitrogens is 1. The summed E-state index contributed by atoms with van der Waals surface area (Å²) in [5, 5.41) is 3.93. The average molecular weight is 324 g/mol. The van der Waals surface area contributed by atoms with Gasteiger partial charge in [0, 0.05) is 29.1 Å². The number of aryl methyl sites for hydroxylation is 1. The first kappa shape index (κ1) is 16.0. The van der Waals surface area contributed by atoms with Crippen LogP contribution in [-0.4, -0.2) is 28.0 Å². The second-order valence-electron chi connectivity index (χ2n) is 5.60. The van der Waals surface area contributed by atoms with Crippen LogP contribution in [0.25, 0.3) is 22.2 Å². The topological polar surface area (TPSA) is 79.9 Å². The van der Waals surface area contributed by atoms with E-state index in [1.807, 2.05) is 0 Å². The molecule has 0 aliphatic rings. The van der Waals surface area contributed by atoms with Crippen molar-refractivity contribution in [1.82, 2.24) is 20.3 Å². The molecule has 0 bridgehead atoms. The van der Waals surface area contributed by atoms with Crippen LogP contribution in [0.2, 0.25) is 0 Å². The van der Waals surface area contributed by atoms with Crippen molar-refractivity contribution in [3.05, 3.63) is 41.9 Å². The molecule has 0 aliphatic heterocycles. The Balaban J connectivity index is 2.01. The molecule has 6 heteroatoms. The summed E-state index contributed by atoms with van der Waals surface area (Å²) in [6, 6.07) is 6.31. The van der Waals surface area contributed by atoms with E-state index >= 15 is 0 Å². The summed E-state index contributed by atoms with van der Waals surface area (Å²) in [7, 11) is 1.57. The Morgan fingerprint density at radius 3 is 2.71 bits per heavy atom. The standard InChI is InChI=1S/C18H20N4O2/c1-4-12-5-13-6-14(8-19-11(2)23)22-16(13)7-15(12)17-9-21-18(24-3)10-20-17/h5-7,9-10,22H,4,8H2,1-3H3,(H,19,23). The molecule has 0 aliphatic carbocycles. The molecule has 2 aromatic heterocycles. The molecule has 24 heavy (non-hydrogen) atoms. The Morgan fingerprint density at radius 2 is 2.08 bits per heavy atom. The first-order valence-electron chi connectivity index (χ1n) is 7.86. The van der Waals surface area contributed by atoms with Crippen LogP contribution in [0.5, 0.6) is 5.88 Å². The average Bonchev–Trinajstić information content (AvgIpc) is 3.00. The minimum atomic E-state index is -0.0444. The minimum absolute atomic E-state index is 0.0444. The van der Waals surface area contributed by atoms with Crippen molar-refractivity contribution < 1.29 is 9.53 Å². The molecular formula is C18H20N4O2. The van der Waals surface area contributed by atoms with Crippen LogP contribution in [-0.2, 0) is 17.8 Å². The number of benzene rings is 1. The van der Waals surface area contributed by atoms with E-state index in [1.54, 1.807) is 19.5 Å². The maximum Gasteiger partial charge on any atom is 0.232 e. The van der Waals surface area contributed by atoms with Gasteiger partial charge in [0.1, 0.15) is 0 Å². The van der Waals surface area contributed by atoms with Gasteiger partial charge in [0.05, 0.1) is 31.7 Å². The van der Waals surface area contributed by atoms with Crippen molar-refractivity contribution in [3.63, 3.8) is 0 Å². The Hall–Kier alpha value is -2.89. The molecule has 0 atom stereocenters. The number of aromatic nitrogens is 3. The molecule has 0 saturated heterocycles.